The van der Waals surface area contributed by atoms with Crippen molar-refractivity contribution < 1.29 is 37.5 Å². The molecule has 5 heterocycles. The molecule has 4 fully saturated rings. The minimum atomic E-state index is -3.17. The van der Waals surface area contributed by atoms with Crippen LogP contribution >= 0.6 is 0 Å². The summed E-state index contributed by atoms with van der Waals surface area (Å²) in [4.78, 5) is 71.5. The van der Waals surface area contributed by atoms with Gasteiger partial charge in [-0.05, 0) is 119 Å². The summed E-state index contributed by atoms with van der Waals surface area (Å²) in [6.07, 6.45) is 11.5. The molecule has 16 heteroatoms. The number of amides is 5. The first-order valence-electron chi connectivity index (χ1n) is 21.5. The van der Waals surface area contributed by atoms with Gasteiger partial charge < -0.3 is 20.3 Å². The molecule has 1 atom stereocenters. The number of halogens is 2. The molecule has 61 heavy (non-hydrogen) atoms. The summed E-state index contributed by atoms with van der Waals surface area (Å²) < 4.78 is 36.1. The van der Waals surface area contributed by atoms with Crippen LogP contribution in [0.1, 0.15) is 120 Å². The second kappa shape index (κ2) is 16.6. The molecule has 4 aromatic rings. The molecule has 3 aliphatic heterocycles. The van der Waals surface area contributed by atoms with Gasteiger partial charge in [0.05, 0.1) is 34.5 Å². The molecule has 2 saturated carbocycles. The second-order valence-corrected chi connectivity index (χ2v) is 17.4. The molecule has 0 bridgehead atoms. The van der Waals surface area contributed by atoms with Crippen molar-refractivity contribution in [1.29, 1.82) is 0 Å². The van der Waals surface area contributed by atoms with Gasteiger partial charge in [0.1, 0.15) is 23.2 Å². The van der Waals surface area contributed by atoms with Crippen molar-refractivity contribution in [2.24, 2.45) is 11.8 Å². The van der Waals surface area contributed by atoms with Crippen LogP contribution in [0.3, 0.4) is 0 Å². The number of carbonyl (C=O) groups is 5. The molecular formula is C45H50F2N8O6. The predicted octanol–water partition coefficient (Wildman–Crippen LogP) is 6.68. The molecule has 0 spiro atoms. The van der Waals surface area contributed by atoms with E-state index in [1.807, 2.05) is 23.0 Å². The number of hydrogen-bond acceptors (Lipinski definition) is 10. The van der Waals surface area contributed by atoms with E-state index in [0.717, 1.165) is 100 Å². The summed E-state index contributed by atoms with van der Waals surface area (Å²) in [6.45, 7) is 4.57. The van der Waals surface area contributed by atoms with E-state index >= 15 is 0 Å². The lowest BCUT2D eigenvalue weighted by Gasteiger charge is -2.36. The van der Waals surface area contributed by atoms with E-state index in [1.54, 1.807) is 18.2 Å². The Morgan fingerprint density at radius 2 is 1.67 bits per heavy atom. The Labute approximate surface area is 351 Å². The van der Waals surface area contributed by atoms with Crippen LogP contribution in [0.2, 0.25) is 0 Å². The number of aromatic nitrogens is 3. The number of benzene rings is 2. The van der Waals surface area contributed by atoms with E-state index in [2.05, 4.69) is 25.8 Å². The highest BCUT2D eigenvalue weighted by molar-refractivity contribution is 6.25. The number of carbonyl (C=O) groups excluding carboxylic acids is 5. The fourth-order valence-electron chi connectivity index (χ4n) is 9.30. The van der Waals surface area contributed by atoms with Crippen molar-refractivity contribution >= 4 is 51.8 Å². The van der Waals surface area contributed by atoms with Crippen molar-refractivity contribution in [2.45, 2.75) is 102 Å². The van der Waals surface area contributed by atoms with Gasteiger partial charge in [0.15, 0.2) is 0 Å². The average Bonchev–Trinajstić information content (AvgIpc) is 3.91. The second-order valence-electron chi connectivity index (χ2n) is 17.4. The number of anilines is 2. The third-order valence-electron chi connectivity index (χ3n) is 12.9. The molecule has 3 N–H and O–H groups in total. The van der Waals surface area contributed by atoms with Gasteiger partial charge in [-0.25, -0.2) is 4.98 Å². The summed E-state index contributed by atoms with van der Waals surface area (Å²) in [5.41, 5.74) is 1.81. The first-order valence-corrected chi connectivity index (χ1v) is 21.5. The maximum Gasteiger partial charge on any atom is 0.287 e. The SMILES string of the molecule is CC(F)(F)c1cccc(C(=O)Nc2cc3cn(C4CCC(CN5CCC(CCNc6cccc7c6C(=O)N(C6CCC(=O)NC6=O)C7=O)CC5)CC4)nc3cc2OC2CC2)n1. The molecule has 0 radical (unpaired) electrons. The van der Waals surface area contributed by atoms with E-state index in [9.17, 15) is 32.8 Å². The summed E-state index contributed by atoms with van der Waals surface area (Å²) in [5, 5.41) is 14.3. The zero-order chi connectivity index (χ0) is 42.4. The van der Waals surface area contributed by atoms with Gasteiger partial charge in [-0.1, -0.05) is 12.1 Å². The summed E-state index contributed by atoms with van der Waals surface area (Å²) >= 11 is 0. The number of alkyl halides is 2. The van der Waals surface area contributed by atoms with E-state index in [4.69, 9.17) is 9.84 Å². The van der Waals surface area contributed by atoms with Crippen LogP contribution in [0.25, 0.3) is 10.9 Å². The third kappa shape index (κ3) is 8.72. The maximum atomic E-state index is 13.9. The number of fused-ring (bicyclic) bond motifs is 2. The molecule has 1 unspecified atom stereocenters. The number of ether oxygens (including phenoxy) is 1. The monoisotopic (exact) mass is 836 g/mol. The van der Waals surface area contributed by atoms with Gasteiger partial charge in [0.2, 0.25) is 11.8 Å². The lowest BCUT2D eigenvalue weighted by Crippen LogP contribution is -2.54. The number of hydrogen-bond donors (Lipinski definition) is 3. The molecular weight excluding hydrogens is 787 g/mol. The minimum absolute atomic E-state index is 0.0689. The van der Waals surface area contributed by atoms with E-state index in [-0.39, 0.29) is 41.8 Å². The zero-order valence-electron chi connectivity index (χ0n) is 34.1. The van der Waals surface area contributed by atoms with Crippen molar-refractivity contribution in [3.05, 3.63) is 77.2 Å². The van der Waals surface area contributed by atoms with Crippen LogP contribution in [0.5, 0.6) is 5.75 Å². The number of pyridine rings is 1. The average molecular weight is 837 g/mol. The number of nitrogens with one attached hydrogen (secondary N) is 3. The van der Waals surface area contributed by atoms with Crippen LogP contribution in [0.4, 0.5) is 20.2 Å². The normalized spacial score (nSPS) is 22.7. The molecule has 2 saturated heterocycles. The van der Waals surface area contributed by atoms with Gasteiger partial charge in [0.25, 0.3) is 23.6 Å². The van der Waals surface area contributed by atoms with Crippen LogP contribution in [-0.4, -0.2) is 92.4 Å². The molecule has 2 aromatic carbocycles. The Morgan fingerprint density at radius 3 is 2.41 bits per heavy atom. The van der Waals surface area contributed by atoms with E-state index in [1.165, 1.54) is 18.2 Å². The molecule has 5 aliphatic rings. The lowest BCUT2D eigenvalue weighted by atomic mass is 9.85. The standard InChI is InChI=1S/C45H50F2N8O6/c1-45(46,47)38-7-3-6-33(49-38)41(57)50-35-22-28-25-54(52-34(28)23-37(35)61-30-12-13-30)29-10-8-27(9-11-29)24-53-20-17-26(18-21-53)16-19-48-32-5-2-4-31-40(32)44(60)55(43(31)59)36-14-15-39(56)51-42(36)58/h2-7,22-23,25-27,29-30,36,48H,8-21,24H2,1H3,(H,50,57)(H,51,56,58). The Kier molecular flexibility index (Phi) is 11.1. The Balaban J connectivity index is 0.746. The van der Waals surface area contributed by atoms with Crippen LogP contribution in [0.15, 0.2) is 54.7 Å². The maximum absolute atomic E-state index is 13.9. The number of piperidine rings is 2. The van der Waals surface area contributed by atoms with E-state index in [0.29, 0.717) is 35.5 Å². The van der Waals surface area contributed by atoms with Crippen molar-refractivity contribution in [2.75, 3.05) is 36.8 Å². The van der Waals surface area contributed by atoms with Crippen LogP contribution in [0, 0.1) is 11.8 Å². The van der Waals surface area contributed by atoms with Gasteiger partial charge in [-0.3, -0.25) is 38.9 Å². The number of rotatable bonds is 13. The highest BCUT2D eigenvalue weighted by Crippen LogP contribution is 2.39. The largest absolute Gasteiger partial charge is 0.488 e. The van der Waals surface area contributed by atoms with Crippen molar-refractivity contribution in [1.82, 2.24) is 29.9 Å². The fraction of sp³-hybridized carbons (Fsp3) is 0.489. The zero-order valence-corrected chi connectivity index (χ0v) is 34.1. The summed E-state index contributed by atoms with van der Waals surface area (Å²) in [5.74, 6) is -4.13. The smallest absolute Gasteiger partial charge is 0.287 e. The number of likely N-dealkylation sites (tertiary alicyclic amines) is 1. The number of nitrogens with zero attached hydrogens (tertiary/aromatic N) is 5. The minimum Gasteiger partial charge on any atom is -0.488 e. The Morgan fingerprint density at radius 1 is 0.902 bits per heavy atom. The van der Waals surface area contributed by atoms with Gasteiger partial charge >= 0.3 is 0 Å². The Hall–Kier alpha value is -5.77. The molecule has 2 aromatic heterocycles. The topological polar surface area (TPSA) is 168 Å². The van der Waals surface area contributed by atoms with Gasteiger partial charge in [-0.15, -0.1) is 0 Å². The van der Waals surface area contributed by atoms with Gasteiger partial charge in [0, 0.05) is 49.8 Å². The Bertz CT molecular complexity index is 2380. The first-order chi connectivity index (χ1) is 29.4. The predicted molar refractivity (Wildman–Crippen MR) is 222 cm³/mol. The highest BCUT2D eigenvalue weighted by atomic mass is 19.3. The molecule has 9 rings (SSSR count). The highest BCUT2D eigenvalue weighted by Gasteiger charge is 2.45. The molecule has 2 aliphatic carbocycles. The van der Waals surface area contributed by atoms with Crippen LogP contribution in [-0.2, 0) is 15.5 Å². The molecule has 14 nitrogen and oxygen atoms in total. The van der Waals surface area contributed by atoms with Crippen molar-refractivity contribution in [3.63, 3.8) is 0 Å². The lowest BCUT2D eigenvalue weighted by molar-refractivity contribution is -0.136. The van der Waals surface area contributed by atoms with Gasteiger partial charge in [-0.2, -0.15) is 13.9 Å². The fourth-order valence-corrected chi connectivity index (χ4v) is 9.30. The number of imide groups is 2. The molecule has 320 valence electrons. The van der Waals surface area contributed by atoms with Crippen LogP contribution < -0.4 is 20.7 Å². The third-order valence-corrected chi connectivity index (χ3v) is 12.9. The molecule has 5 amide bonds. The quantitative estimate of drug-likeness (QED) is 0.124. The first kappa shape index (κ1) is 40.6. The van der Waals surface area contributed by atoms with E-state index < -0.39 is 47.2 Å². The summed E-state index contributed by atoms with van der Waals surface area (Å²) in [7, 11) is 0. The summed E-state index contributed by atoms with van der Waals surface area (Å²) in [6, 6.07) is 12.1. The van der Waals surface area contributed by atoms with Crippen molar-refractivity contribution in [3.8, 4) is 5.75 Å².